The lowest BCUT2D eigenvalue weighted by atomic mass is 10.3. The second-order valence-electron chi connectivity index (χ2n) is 4.19. The van der Waals surface area contributed by atoms with E-state index in [9.17, 15) is 9.18 Å². The van der Waals surface area contributed by atoms with E-state index >= 15 is 0 Å². The van der Waals surface area contributed by atoms with Gasteiger partial charge in [0.1, 0.15) is 17.4 Å². The molecular weight excluding hydrogens is 363 g/mol. The Bertz CT molecular complexity index is 652. The first kappa shape index (κ1) is 15.7. The number of pyridine rings is 1. The first-order valence-corrected chi connectivity index (χ1v) is 7.17. The van der Waals surface area contributed by atoms with Crippen LogP contribution in [0.1, 0.15) is 6.92 Å². The lowest BCUT2D eigenvalue weighted by Gasteiger charge is -2.15. The quantitative estimate of drug-likeness (QED) is 0.880. The van der Waals surface area contributed by atoms with E-state index in [0.29, 0.717) is 21.1 Å². The number of hydrogen-bond donors (Lipinski definition) is 1. The van der Waals surface area contributed by atoms with Crippen LogP contribution in [0.3, 0.4) is 0 Å². The number of nitrogens with one attached hydrogen (secondary N) is 1. The van der Waals surface area contributed by atoms with Crippen LogP contribution in [0, 0.1) is 5.82 Å². The van der Waals surface area contributed by atoms with Crippen molar-refractivity contribution in [3.05, 3.63) is 51.8 Å². The topological polar surface area (TPSA) is 51.2 Å². The maximum atomic E-state index is 13.0. The zero-order valence-electron chi connectivity index (χ0n) is 10.9. The largest absolute Gasteiger partial charge is 0.480 e. The monoisotopic (exact) mass is 372 g/mol. The van der Waals surface area contributed by atoms with Crippen molar-refractivity contribution in [2.45, 2.75) is 13.0 Å². The Morgan fingerprint density at radius 3 is 2.81 bits per heavy atom. The van der Waals surface area contributed by atoms with E-state index in [4.69, 9.17) is 16.3 Å². The molecule has 0 saturated heterocycles. The van der Waals surface area contributed by atoms with Gasteiger partial charge >= 0.3 is 0 Å². The van der Waals surface area contributed by atoms with Gasteiger partial charge < -0.3 is 10.1 Å². The SMILES string of the molecule is C[C@@H](Oc1ccc(F)cc1Br)C(=O)Nc1ccc(Cl)cn1. The molecule has 1 atom stereocenters. The lowest BCUT2D eigenvalue weighted by Crippen LogP contribution is -2.30. The Hall–Kier alpha value is -1.66. The number of benzene rings is 1. The molecule has 0 saturated carbocycles. The standard InChI is InChI=1S/C14H11BrClFN2O2/c1-8(21-12-4-3-10(17)6-11(12)15)14(20)19-13-5-2-9(16)7-18-13/h2-8H,1H3,(H,18,19,20)/t8-/m1/s1. The van der Waals surface area contributed by atoms with Gasteiger partial charge in [-0.15, -0.1) is 0 Å². The average molecular weight is 374 g/mol. The van der Waals surface area contributed by atoms with Crippen LogP contribution in [-0.4, -0.2) is 17.0 Å². The van der Waals surface area contributed by atoms with Crippen molar-refractivity contribution in [3.8, 4) is 5.75 Å². The van der Waals surface area contributed by atoms with Crippen LogP contribution in [0.5, 0.6) is 5.75 Å². The smallest absolute Gasteiger partial charge is 0.266 e. The van der Waals surface area contributed by atoms with E-state index in [0.717, 1.165) is 0 Å². The Balaban J connectivity index is 2.00. The molecule has 0 bridgehead atoms. The zero-order chi connectivity index (χ0) is 15.4. The average Bonchev–Trinajstić information content (AvgIpc) is 2.44. The van der Waals surface area contributed by atoms with Gasteiger partial charge in [0.15, 0.2) is 6.10 Å². The molecular formula is C14H11BrClFN2O2. The molecule has 2 rings (SSSR count). The van der Waals surface area contributed by atoms with Crippen molar-refractivity contribution < 1.29 is 13.9 Å². The number of rotatable bonds is 4. The van der Waals surface area contributed by atoms with E-state index in [2.05, 4.69) is 26.2 Å². The molecule has 4 nitrogen and oxygen atoms in total. The summed E-state index contributed by atoms with van der Waals surface area (Å²) in [7, 11) is 0. The minimum absolute atomic E-state index is 0.373. The van der Waals surface area contributed by atoms with Gasteiger partial charge in [-0.3, -0.25) is 4.79 Å². The van der Waals surface area contributed by atoms with Crippen molar-refractivity contribution in [1.29, 1.82) is 0 Å². The van der Waals surface area contributed by atoms with Crippen molar-refractivity contribution >= 4 is 39.3 Å². The number of anilines is 1. The summed E-state index contributed by atoms with van der Waals surface area (Å²) in [6.45, 7) is 1.58. The summed E-state index contributed by atoms with van der Waals surface area (Å²) in [5.41, 5.74) is 0. The summed E-state index contributed by atoms with van der Waals surface area (Å²) < 4.78 is 18.9. The molecule has 0 spiro atoms. The molecule has 0 aliphatic carbocycles. The molecule has 1 aromatic heterocycles. The fraction of sp³-hybridized carbons (Fsp3) is 0.143. The van der Waals surface area contributed by atoms with Gasteiger partial charge in [0.2, 0.25) is 0 Å². The minimum Gasteiger partial charge on any atom is -0.480 e. The van der Waals surface area contributed by atoms with E-state index in [1.165, 1.54) is 24.4 Å². The number of nitrogens with zero attached hydrogens (tertiary/aromatic N) is 1. The first-order chi connectivity index (χ1) is 9.95. The van der Waals surface area contributed by atoms with Crippen molar-refractivity contribution in [2.24, 2.45) is 0 Å². The van der Waals surface area contributed by atoms with E-state index in [1.807, 2.05) is 0 Å². The number of halogens is 3. The summed E-state index contributed by atoms with van der Waals surface area (Å²) in [4.78, 5) is 15.9. The maximum absolute atomic E-state index is 13.0. The van der Waals surface area contributed by atoms with Gasteiger partial charge in [-0.25, -0.2) is 9.37 Å². The number of ether oxygens (including phenoxy) is 1. The Labute approximate surface area is 134 Å². The zero-order valence-corrected chi connectivity index (χ0v) is 13.3. The fourth-order valence-corrected chi connectivity index (χ4v) is 2.05. The van der Waals surface area contributed by atoms with Crippen LogP contribution in [0.25, 0.3) is 0 Å². The first-order valence-electron chi connectivity index (χ1n) is 6.00. The van der Waals surface area contributed by atoms with Gasteiger partial charge in [0, 0.05) is 6.20 Å². The van der Waals surface area contributed by atoms with Crippen LogP contribution < -0.4 is 10.1 Å². The van der Waals surface area contributed by atoms with Crippen molar-refractivity contribution in [3.63, 3.8) is 0 Å². The summed E-state index contributed by atoms with van der Waals surface area (Å²) in [5, 5.41) is 3.08. The normalized spacial score (nSPS) is 11.8. The molecule has 7 heteroatoms. The number of carbonyl (C=O) groups is 1. The molecule has 2 aromatic rings. The molecule has 1 amide bonds. The van der Waals surface area contributed by atoms with E-state index < -0.39 is 11.9 Å². The number of aromatic nitrogens is 1. The second-order valence-corrected chi connectivity index (χ2v) is 5.48. The third kappa shape index (κ3) is 4.41. The molecule has 1 N–H and O–H groups in total. The Kier molecular flexibility index (Phi) is 5.14. The van der Waals surface area contributed by atoms with Crippen LogP contribution in [0.2, 0.25) is 5.02 Å². The molecule has 0 unspecified atom stereocenters. The van der Waals surface area contributed by atoms with Crippen LogP contribution in [0.15, 0.2) is 41.0 Å². The van der Waals surface area contributed by atoms with Gasteiger partial charge in [0.25, 0.3) is 5.91 Å². The van der Waals surface area contributed by atoms with Crippen LogP contribution in [-0.2, 0) is 4.79 Å². The van der Waals surface area contributed by atoms with E-state index in [1.54, 1.807) is 19.1 Å². The third-order valence-electron chi connectivity index (χ3n) is 2.55. The number of carbonyl (C=O) groups excluding carboxylic acids is 1. The molecule has 0 radical (unpaired) electrons. The van der Waals surface area contributed by atoms with Crippen LogP contribution in [0.4, 0.5) is 10.2 Å². The molecule has 1 aromatic carbocycles. The molecule has 1 heterocycles. The highest BCUT2D eigenvalue weighted by Gasteiger charge is 2.16. The highest BCUT2D eigenvalue weighted by molar-refractivity contribution is 9.10. The highest BCUT2D eigenvalue weighted by atomic mass is 79.9. The summed E-state index contributed by atoms with van der Waals surface area (Å²) in [5.74, 6) is -0.0149. The summed E-state index contributed by atoms with van der Waals surface area (Å²) in [6.07, 6.45) is 0.656. The van der Waals surface area contributed by atoms with Gasteiger partial charge in [-0.2, -0.15) is 0 Å². The van der Waals surface area contributed by atoms with Crippen molar-refractivity contribution in [1.82, 2.24) is 4.98 Å². The Morgan fingerprint density at radius 2 is 2.19 bits per heavy atom. The predicted octanol–water partition coefficient (Wildman–Crippen LogP) is 4.04. The summed E-state index contributed by atoms with van der Waals surface area (Å²) in [6, 6.07) is 7.17. The van der Waals surface area contributed by atoms with Gasteiger partial charge in [-0.1, -0.05) is 11.6 Å². The third-order valence-corrected chi connectivity index (χ3v) is 3.39. The molecule has 0 aliphatic heterocycles. The van der Waals surface area contributed by atoms with Gasteiger partial charge in [-0.05, 0) is 53.2 Å². The predicted molar refractivity (Wildman–Crippen MR) is 82.1 cm³/mol. The molecule has 110 valence electrons. The van der Waals surface area contributed by atoms with E-state index in [-0.39, 0.29) is 5.91 Å². The fourth-order valence-electron chi connectivity index (χ4n) is 1.49. The van der Waals surface area contributed by atoms with Gasteiger partial charge in [0.05, 0.1) is 9.50 Å². The lowest BCUT2D eigenvalue weighted by molar-refractivity contribution is -0.122. The minimum atomic E-state index is -0.774. The highest BCUT2D eigenvalue weighted by Crippen LogP contribution is 2.26. The number of amides is 1. The molecule has 0 aliphatic rings. The summed E-state index contributed by atoms with van der Waals surface area (Å²) >= 11 is 8.89. The molecule has 21 heavy (non-hydrogen) atoms. The van der Waals surface area contributed by atoms with Crippen molar-refractivity contribution in [2.75, 3.05) is 5.32 Å². The molecule has 0 fully saturated rings. The maximum Gasteiger partial charge on any atom is 0.266 e. The second kappa shape index (κ2) is 6.87. The Morgan fingerprint density at radius 1 is 1.43 bits per heavy atom. The van der Waals surface area contributed by atoms with Crippen LogP contribution >= 0.6 is 27.5 Å². The number of hydrogen-bond acceptors (Lipinski definition) is 3.